The summed E-state index contributed by atoms with van der Waals surface area (Å²) in [5, 5.41) is 2.93. The lowest BCUT2D eigenvalue weighted by atomic mass is 10.2. The highest BCUT2D eigenvalue weighted by Gasteiger charge is 2.26. The highest BCUT2D eigenvalue weighted by molar-refractivity contribution is 5.94. The molecule has 1 saturated heterocycles. The second-order valence-electron chi connectivity index (χ2n) is 6.79. The summed E-state index contributed by atoms with van der Waals surface area (Å²) in [6.07, 6.45) is 5.87. The quantitative estimate of drug-likeness (QED) is 0.671. The second-order valence-corrected chi connectivity index (χ2v) is 6.79. The first kappa shape index (κ1) is 19.7. The largest absolute Gasteiger partial charge is 0.435 e. The molecular weight excluding hydrogens is 392 g/mol. The highest BCUT2D eigenvalue weighted by atomic mass is 19.3. The van der Waals surface area contributed by atoms with Crippen LogP contribution in [0.2, 0.25) is 0 Å². The number of hydrogen-bond donors (Lipinski definition) is 1. The number of aromatic nitrogens is 3. The minimum absolute atomic E-state index is 0.0497. The van der Waals surface area contributed by atoms with Crippen molar-refractivity contribution in [3.8, 4) is 17.0 Å². The van der Waals surface area contributed by atoms with E-state index in [-0.39, 0.29) is 23.3 Å². The number of amides is 1. The van der Waals surface area contributed by atoms with Crippen LogP contribution in [-0.4, -0.2) is 46.6 Å². The van der Waals surface area contributed by atoms with E-state index in [4.69, 9.17) is 0 Å². The molecule has 7 nitrogen and oxygen atoms in total. The molecule has 1 fully saturated rings. The SMILES string of the molecule is O=C(NC1CCN(c2nccc(-c3cccnc3)n2)C1)c1cccc(OC(F)F)c1. The van der Waals surface area contributed by atoms with Crippen LogP contribution in [0, 0.1) is 0 Å². The van der Waals surface area contributed by atoms with E-state index < -0.39 is 6.61 Å². The van der Waals surface area contributed by atoms with Crippen LogP contribution < -0.4 is 15.0 Å². The van der Waals surface area contributed by atoms with Crippen molar-refractivity contribution < 1.29 is 18.3 Å². The number of rotatable bonds is 6. The number of carbonyl (C=O) groups is 1. The van der Waals surface area contributed by atoms with Crippen LogP contribution in [0.25, 0.3) is 11.3 Å². The van der Waals surface area contributed by atoms with E-state index >= 15 is 0 Å². The van der Waals surface area contributed by atoms with Crippen LogP contribution in [-0.2, 0) is 0 Å². The summed E-state index contributed by atoms with van der Waals surface area (Å²) < 4.78 is 29.1. The van der Waals surface area contributed by atoms with Gasteiger partial charge in [0.25, 0.3) is 5.91 Å². The molecule has 1 atom stereocenters. The van der Waals surface area contributed by atoms with Crippen LogP contribution >= 0.6 is 0 Å². The van der Waals surface area contributed by atoms with E-state index in [1.54, 1.807) is 24.7 Å². The minimum atomic E-state index is -2.94. The van der Waals surface area contributed by atoms with Crippen molar-refractivity contribution in [3.63, 3.8) is 0 Å². The molecule has 0 saturated carbocycles. The maximum Gasteiger partial charge on any atom is 0.387 e. The van der Waals surface area contributed by atoms with Crippen LogP contribution in [0.3, 0.4) is 0 Å². The van der Waals surface area contributed by atoms with Gasteiger partial charge in [0.15, 0.2) is 0 Å². The zero-order valence-corrected chi connectivity index (χ0v) is 15.9. The molecule has 154 valence electrons. The van der Waals surface area contributed by atoms with E-state index in [1.165, 1.54) is 18.2 Å². The lowest BCUT2D eigenvalue weighted by molar-refractivity contribution is -0.0498. The number of anilines is 1. The summed E-state index contributed by atoms with van der Waals surface area (Å²) in [5.41, 5.74) is 1.94. The van der Waals surface area contributed by atoms with Gasteiger partial charge < -0.3 is 15.0 Å². The van der Waals surface area contributed by atoms with Crippen LogP contribution in [0.15, 0.2) is 61.1 Å². The van der Waals surface area contributed by atoms with Gasteiger partial charge in [0.05, 0.1) is 5.69 Å². The van der Waals surface area contributed by atoms with Gasteiger partial charge in [-0.25, -0.2) is 9.97 Å². The fourth-order valence-corrected chi connectivity index (χ4v) is 3.32. The zero-order valence-electron chi connectivity index (χ0n) is 15.9. The van der Waals surface area contributed by atoms with Gasteiger partial charge in [-0.05, 0) is 42.8 Å². The number of halogens is 2. The number of alkyl halides is 2. The Labute approximate surface area is 171 Å². The van der Waals surface area contributed by atoms with Crippen molar-refractivity contribution in [2.45, 2.75) is 19.1 Å². The van der Waals surface area contributed by atoms with Crippen molar-refractivity contribution >= 4 is 11.9 Å². The van der Waals surface area contributed by atoms with Crippen molar-refractivity contribution in [2.24, 2.45) is 0 Å². The van der Waals surface area contributed by atoms with Crippen molar-refractivity contribution in [3.05, 3.63) is 66.6 Å². The number of pyridine rings is 1. The van der Waals surface area contributed by atoms with E-state index in [0.29, 0.717) is 19.0 Å². The number of benzene rings is 1. The third-order valence-electron chi connectivity index (χ3n) is 4.73. The molecule has 3 heterocycles. The van der Waals surface area contributed by atoms with Gasteiger partial charge in [-0.2, -0.15) is 8.78 Å². The molecule has 0 bridgehead atoms. The molecule has 3 aromatic rings. The third kappa shape index (κ3) is 4.68. The molecule has 1 aliphatic heterocycles. The monoisotopic (exact) mass is 411 g/mol. The molecule has 1 N–H and O–H groups in total. The predicted molar refractivity (Wildman–Crippen MR) is 106 cm³/mol. The first-order chi connectivity index (χ1) is 14.6. The van der Waals surface area contributed by atoms with Crippen LogP contribution in [0.1, 0.15) is 16.8 Å². The van der Waals surface area contributed by atoms with Crippen molar-refractivity contribution in [1.29, 1.82) is 0 Å². The van der Waals surface area contributed by atoms with Crippen molar-refractivity contribution in [1.82, 2.24) is 20.3 Å². The molecule has 2 aromatic heterocycles. The molecular formula is C21H19F2N5O2. The molecule has 1 amide bonds. The molecule has 0 spiro atoms. The molecule has 1 aromatic carbocycles. The number of nitrogens with zero attached hydrogens (tertiary/aromatic N) is 4. The van der Waals surface area contributed by atoms with Gasteiger partial charge >= 0.3 is 6.61 Å². The van der Waals surface area contributed by atoms with Gasteiger partial charge in [0.2, 0.25) is 5.95 Å². The number of carbonyl (C=O) groups excluding carboxylic acids is 1. The number of ether oxygens (including phenoxy) is 1. The van der Waals surface area contributed by atoms with Gasteiger partial charge in [-0.3, -0.25) is 9.78 Å². The first-order valence-electron chi connectivity index (χ1n) is 9.42. The maximum atomic E-state index is 12.5. The van der Waals surface area contributed by atoms with Gasteiger partial charge in [-0.1, -0.05) is 6.07 Å². The minimum Gasteiger partial charge on any atom is -0.435 e. The Morgan fingerprint density at radius 1 is 1.20 bits per heavy atom. The van der Waals surface area contributed by atoms with E-state index in [2.05, 4.69) is 25.0 Å². The average molecular weight is 411 g/mol. The Morgan fingerprint density at radius 2 is 2.10 bits per heavy atom. The van der Waals surface area contributed by atoms with Crippen molar-refractivity contribution in [2.75, 3.05) is 18.0 Å². The summed E-state index contributed by atoms with van der Waals surface area (Å²) in [7, 11) is 0. The Kier molecular flexibility index (Phi) is 5.78. The first-order valence-corrected chi connectivity index (χ1v) is 9.42. The van der Waals surface area contributed by atoms with E-state index in [9.17, 15) is 13.6 Å². The standard InChI is InChI=1S/C21H19F2N5O2/c22-20(23)30-17-5-1-3-14(11-17)19(29)26-16-7-10-28(13-16)21-25-9-6-18(27-21)15-4-2-8-24-12-15/h1-6,8-9,11-12,16,20H,7,10,13H2,(H,26,29). The lowest BCUT2D eigenvalue weighted by Crippen LogP contribution is -2.37. The molecule has 1 aliphatic rings. The summed E-state index contributed by atoms with van der Waals surface area (Å²) in [6.45, 7) is -1.69. The van der Waals surface area contributed by atoms with Gasteiger partial charge in [0.1, 0.15) is 5.75 Å². The smallest absolute Gasteiger partial charge is 0.387 e. The van der Waals surface area contributed by atoms with Gasteiger partial charge in [-0.15, -0.1) is 0 Å². The molecule has 4 rings (SSSR count). The van der Waals surface area contributed by atoms with Crippen LogP contribution in [0.4, 0.5) is 14.7 Å². The van der Waals surface area contributed by atoms with E-state index in [0.717, 1.165) is 17.7 Å². The van der Waals surface area contributed by atoms with E-state index in [1.807, 2.05) is 23.1 Å². The Morgan fingerprint density at radius 3 is 2.90 bits per heavy atom. The van der Waals surface area contributed by atoms with Gasteiger partial charge in [0, 0.05) is 48.8 Å². The summed E-state index contributed by atoms with van der Waals surface area (Å²) in [4.78, 5) is 27.6. The normalized spacial score (nSPS) is 16.0. The lowest BCUT2D eigenvalue weighted by Gasteiger charge is -2.17. The summed E-state index contributed by atoms with van der Waals surface area (Å²) in [5.74, 6) is 0.193. The fourth-order valence-electron chi connectivity index (χ4n) is 3.32. The molecule has 30 heavy (non-hydrogen) atoms. The Balaban J connectivity index is 1.40. The maximum absolute atomic E-state index is 12.5. The molecule has 9 heteroatoms. The third-order valence-corrected chi connectivity index (χ3v) is 4.73. The molecule has 0 aliphatic carbocycles. The second kappa shape index (κ2) is 8.81. The number of hydrogen-bond acceptors (Lipinski definition) is 6. The van der Waals surface area contributed by atoms with Crippen LogP contribution in [0.5, 0.6) is 5.75 Å². The average Bonchev–Trinajstić information content (AvgIpc) is 3.23. The fraction of sp³-hybridized carbons (Fsp3) is 0.238. The molecule has 0 radical (unpaired) electrons. The Hall–Kier alpha value is -3.62. The zero-order chi connectivity index (χ0) is 20.9. The highest BCUT2D eigenvalue weighted by Crippen LogP contribution is 2.21. The number of nitrogens with one attached hydrogen (secondary N) is 1. The predicted octanol–water partition coefficient (Wildman–Crippen LogP) is 3.15. The summed E-state index contributed by atoms with van der Waals surface area (Å²) in [6, 6.07) is 11.2. The Bertz CT molecular complexity index is 1020. The topological polar surface area (TPSA) is 80.2 Å². The summed E-state index contributed by atoms with van der Waals surface area (Å²) >= 11 is 0. The molecule has 1 unspecified atom stereocenters.